The Morgan fingerprint density at radius 1 is 0.462 bits per heavy atom. The van der Waals surface area contributed by atoms with E-state index in [0.29, 0.717) is 19.6 Å². The fraction of sp³-hybridized carbons (Fsp3) is 0.844. The maximum Gasteiger partial charge on any atom is 0.306 e. The Bertz CT molecular complexity index is 814. The van der Waals surface area contributed by atoms with Crippen molar-refractivity contribution in [3.8, 4) is 0 Å². The van der Waals surface area contributed by atoms with Gasteiger partial charge in [-0.15, -0.1) is 0 Å². The van der Waals surface area contributed by atoms with E-state index in [0.717, 1.165) is 64.3 Å². The molecule has 0 saturated heterocycles. The zero-order chi connectivity index (χ0) is 38.2. The van der Waals surface area contributed by atoms with Crippen molar-refractivity contribution in [2.75, 3.05) is 33.9 Å². The summed E-state index contributed by atoms with van der Waals surface area (Å²) in [6.07, 6.45) is 44.5. The third kappa shape index (κ3) is 42.3. The lowest BCUT2D eigenvalue weighted by atomic mass is 10.0. The van der Waals surface area contributed by atoms with E-state index < -0.39 is 0 Å². The van der Waals surface area contributed by atoms with Crippen molar-refractivity contribution in [2.45, 2.75) is 213 Å². The summed E-state index contributed by atoms with van der Waals surface area (Å²) < 4.78 is 15.9. The molecule has 0 rings (SSSR count). The van der Waals surface area contributed by atoms with Crippen LogP contribution in [0.15, 0.2) is 24.3 Å². The van der Waals surface area contributed by atoms with E-state index in [1.807, 2.05) is 14.1 Å². The number of hydrogen-bond acceptors (Lipinski definition) is 7. The number of hydrogen-bond donors (Lipinski definition) is 0. The third-order valence-electron chi connectivity index (χ3n) is 9.55. The first kappa shape index (κ1) is 49.9. The van der Waals surface area contributed by atoms with Crippen LogP contribution in [0.2, 0.25) is 0 Å². The molecule has 0 heterocycles. The highest BCUT2D eigenvalue weighted by Gasteiger charge is 2.14. The van der Waals surface area contributed by atoms with Crippen molar-refractivity contribution < 1.29 is 28.6 Å². The molecule has 0 atom stereocenters. The largest absolute Gasteiger partial charge is 0.466 e. The third-order valence-corrected chi connectivity index (χ3v) is 9.55. The highest BCUT2D eigenvalue weighted by atomic mass is 16.5. The summed E-state index contributed by atoms with van der Waals surface area (Å²) in [5.74, 6) is -0.366. The molecule has 7 nitrogen and oxygen atoms in total. The Labute approximate surface area is 321 Å². The van der Waals surface area contributed by atoms with Crippen LogP contribution in [0.3, 0.4) is 0 Å². The van der Waals surface area contributed by atoms with E-state index in [-0.39, 0.29) is 24.0 Å². The lowest BCUT2D eigenvalue weighted by molar-refractivity contribution is -0.150. The van der Waals surface area contributed by atoms with E-state index in [2.05, 4.69) is 29.2 Å². The first-order valence-electron chi connectivity index (χ1n) is 21.7. The Morgan fingerprint density at radius 2 is 0.788 bits per heavy atom. The first-order valence-corrected chi connectivity index (χ1v) is 21.7. The van der Waals surface area contributed by atoms with E-state index in [1.54, 1.807) is 0 Å². The van der Waals surface area contributed by atoms with E-state index >= 15 is 0 Å². The molecule has 0 aliphatic carbocycles. The lowest BCUT2D eigenvalue weighted by Gasteiger charge is -2.18. The van der Waals surface area contributed by atoms with E-state index in [1.165, 1.54) is 142 Å². The summed E-state index contributed by atoms with van der Waals surface area (Å²) in [6.45, 7) is 4.99. The zero-order valence-electron chi connectivity index (χ0n) is 34.6. The smallest absolute Gasteiger partial charge is 0.306 e. The van der Waals surface area contributed by atoms with Gasteiger partial charge in [0.25, 0.3) is 0 Å². The molecule has 0 spiro atoms. The molecule has 0 saturated carbocycles. The van der Waals surface area contributed by atoms with E-state index in [4.69, 9.17) is 14.2 Å². The summed E-state index contributed by atoms with van der Waals surface area (Å²) in [5, 5.41) is 0. The number of unbranched alkanes of at least 4 members (excludes halogenated alkanes) is 22. The molecule has 7 heteroatoms. The molecule has 0 aliphatic rings. The number of nitrogens with zero attached hydrogens (tertiary/aromatic N) is 1. The van der Waals surface area contributed by atoms with Gasteiger partial charge in [-0.3, -0.25) is 14.4 Å². The number of carbonyl (C=O) groups excluding carboxylic acids is 3. The second-order valence-electron chi connectivity index (χ2n) is 15.2. The Balaban J connectivity index is 3.91. The highest BCUT2D eigenvalue weighted by molar-refractivity contribution is 5.69. The Kier molecular flexibility index (Phi) is 38.4. The fourth-order valence-electron chi connectivity index (χ4n) is 6.42. The van der Waals surface area contributed by atoms with Gasteiger partial charge in [-0.2, -0.15) is 0 Å². The molecule has 0 aromatic heterocycles. The van der Waals surface area contributed by atoms with Gasteiger partial charge in [0.15, 0.2) is 0 Å². The van der Waals surface area contributed by atoms with Crippen LogP contribution in [0.4, 0.5) is 0 Å². The normalized spacial score (nSPS) is 11.7. The standard InChI is InChI=1S/C45H83NO6/c1-42(47)50-40-33-29-25-21-17-13-9-5-7-11-15-19-23-27-31-36-44(52-45(49)38-35-39-46(3)4)37-32-28-24-20-16-12-8-6-10-14-18-22-26-30-34-41-51-43(2)48/h5-6,9-10,44H,7-8,11-41H2,1-4H3/b9-5-,10-6-. The van der Waals surface area contributed by atoms with Crippen LogP contribution in [-0.4, -0.2) is 62.8 Å². The molecule has 0 amide bonds. The molecule has 0 unspecified atom stereocenters. The van der Waals surface area contributed by atoms with Crippen LogP contribution in [0.5, 0.6) is 0 Å². The lowest BCUT2D eigenvalue weighted by Crippen LogP contribution is -2.20. The van der Waals surface area contributed by atoms with Gasteiger partial charge in [-0.25, -0.2) is 0 Å². The summed E-state index contributed by atoms with van der Waals surface area (Å²) in [7, 11) is 4.10. The first-order chi connectivity index (χ1) is 25.3. The molecule has 0 N–H and O–H groups in total. The van der Waals surface area contributed by atoms with Gasteiger partial charge in [0.2, 0.25) is 0 Å². The SMILES string of the molecule is CC(=O)OCCCCCCC/C=C\CCCCCCCCC(CCCCCCCC/C=C\CCCCCCCOC(C)=O)OC(=O)CCCN(C)C. The predicted octanol–water partition coefficient (Wildman–Crippen LogP) is 12.4. The van der Waals surface area contributed by atoms with Crippen LogP contribution in [0, 0.1) is 0 Å². The minimum Gasteiger partial charge on any atom is -0.466 e. The molecule has 304 valence electrons. The van der Waals surface area contributed by atoms with Gasteiger partial charge in [-0.05, 0) is 117 Å². The van der Waals surface area contributed by atoms with Crippen molar-refractivity contribution >= 4 is 17.9 Å². The fourth-order valence-corrected chi connectivity index (χ4v) is 6.42. The van der Waals surface area contributed by atoms with Gasteiger partial charge >= 0.3 is 17.9 Å². The van der Waals surface area contributed by atoms with Gasteiger partial charge in [0.1, 0.15) is 6.10 Å². The van der Waals surface area contributed by atoms with E-state index in [9.17, 15) is 14.4 Å². The van der Waals surface area contributed by atoms with Crippen LogP contribution in [-0.2, 0) is 28.6 Å². The summed E-state index contributed by atoms with van der Waals surface area (Å²) >= 11 is 0. The molecule has 0 aromatic rings. The average molecular weight is 734 g/mol. The second kappa shape index (κ2) is 40.0. The van der Waals surface area contributed by atoms with Crippen molar-refractivity contribution in [3.05, 3.63) is 24.3 Å². The second-order valence-corrected chi connectivity index (χ2v) is 15.2. The maximum absolute atomic E-state index is 12.6. The van der Waals surface area contributed by atoms with Gasteiger partial charge in [0.05, 0.1) is 13.2 Å². The molecule has 0 radical (unpaired) electrons. The Hall–Kier alpha value is -2.15. The number of carbonyl (C=O) groups is 3. The number of esters is 3. The average Bonchev–Trinajstić information content (AvgIpc) is 3.09. The van der Waals surface area contributed by atoms with Crippen molar-refractivity contribution in [3.63, 3.8) is 0 Å². The van der Waals surface area contributed by atoms with Gasteiger partial charge in [0, 0.05) is 20.3 Å². The number of rotatable bonds is 39. The summed E-state index contributed by atoms with van der Waals surface area (Å²) in [4.78, 5) is 36.2. The highest BCUT2D eigenvalue weighted by Crippen LogP contribution is 2.18. The number of ether oxygens (including phenoxy) is 3. The maximum atomic E-state index is 12.6. The predicted molar refractivity (Wildman–Crippen MR) is 218 cm³/mol. The van der Waals surface area contributed by atoms with Crippen LogP contribution < -0.4 is 0 Å². The zero-order valence-corrected chi connectivity index (χ0v) is 34.6. The summed E-state index contributed by atoms with van der Waals surface area (Å²) in [6, 6.07) is 0. The summed E-state index contributed by atoms with van der Waals surface area (Å²) in [5.41, 5.74) is 0. The van der Waals surface area contributed by atoms with Crippen LogP contribution >= 0.6 is 0 Å². The van der Waals surface area contributed by atoms with Crippen molar-refractivity contribution in [1.29, 1.82) is 0 Å². The molecule has 0 fully saturated rings. The minimum atomic E-state index is -0.176. The van der Waals surface area contributed by atoms with Crippen LogP contribution in [0.1, 0.15) is 206 Å². The van der Waals surface area contributed by atoms with Crippen LogP contribution in [0.25, 0.3) is 0 Å². The molecule has 52 heavy (non-hydrogen) atoms. The molecular weight excluding hydrogens is 650 g/mol. The van der Waals surface area contributed by atoms with Crippen molar-refractivity contribution in [1.82, 2.24) is 4.90 Å². The molecule has 0 aliphatic heterocycles. The van der Waals surface area contributed by atoms with Crippen molar-refractivity contribution in [2.24, 2.45) is 0 Å². The molecule has 0 aromatic carbocycles. The Morgan fingerprint density at radius 3 is 1.13 bits per heavy atom. The van der Waals surface area contributed by atoms with Gasteiger partial charge < -0.3 is 19.1 Å². The quantitative estimate of drug-likeness (QED) is 0.0269. The monoisotopic (exact) mass is 734 g/mol. The molecule has 0 bridgehead atoms. The van der Waals surface area contributed by atoms with Gasteiger partial charge in [-0.1, -0.05) is 114 Å². The minimum absolute atomic E-state index is 0.0135. The topological polar surface area (TPSA) is 82.1 Å². The molecular formula is C45H83NO6. The number of allylic oxidation sites excluding steroid dienone is 4.